The Morgan fingerprint density at radius 1 is 1.14 bits per heavy atom. The molecule has 2 rings (SSSR count). The lowest BCUT2D eigenvalue weighted by Gasteiger charge is -2.07. The normalized spacial score (nSPS) is 11.1. The molecule has 7 heteroatoms. The van der Waals surface area contributed by atoms with Crippen molar-refractivity contribution in [2.45, 2.75) is 4.90 Å². The zero-order chi connectivity index (χ0) is 15.5. The van der Waals surface area contributed by atoms with E-state index in [-0.39, 0.29) is 4.90 Å². The molecule has 0 fully saturated rings. The van der Waals surface area contributed by atoms with E-state index in [2.05, 4.69) is 21.2 Å². The van der Waals surface area contributed by atoms with Crippen LogP contribution < -0.4 is 5.32 Å². The summed E-state index contributed by atoms with van der Waals surface area (Å²) in [6.07, 6.45) is 0. The summed E-state index contributed by atoms with van der Waals surface area (Å²) in [6, 6.07) is 11.3. The van der Waals surface area contributed by atoms with Crippen molar-refractivity contribution in [3.8, 4) is 0 Å². The second-order valence-corrected chi connectivity index (χ2v) is 7.18. The molecule has 0 unspecified atom stereocenters. The van der Waals surface area contributed by atoms with Crippen LogP contribution in [-0.4, -0.2) is 20.1 Å². The van der Waals surface area contributed by atoms with Gasteiger partial charge in [-0.05, 0) is 36.4 Å². The number of nitrogens with one attached hydrogen (secondary N) is 1. The molecule has 1 N–H and O–H groups in total. The third kappa shape index (κ3) is 4.37. The largest absolute Gasteiger partial charge is 0.325 e. The predicted molar refractivity (Wildman–Crippen MR) is 81.2 cm³/mol. The lowest BCUT2D eigenvalue weighted by molar-refractivity contribution is -0.113. The summed E-state index contributed by atoms with van der Waals surface area (Å²) < 4.78 is 37.8. The van der Waals surface area contributed by atoms with Crippen LogP contribution in [0.4, 0.5) is 10.1 Å². The quantitative estimate of drug-likeness (QED) is 0.898. The molecular formula is C14H11BrFNO3S. The lowest BCUT2D eigenvalue weighted by Crippen LogP contribution is -2.23. The Kier molecular flexibility index (Phi) is 4.74. The highest BCUT2D eigenvalue weighted by Crippen LogP contribution is 2.17. The maximum atomic E-state index is 13.1. The van der Waals surface area contributed by atoms with E-state index in [1.165, 1.54) is 12.1 Å². The number of hydrogen-bond acceptors (Lipinski definition) is 3. The molecule has 0 atom stereocenters. The first kappa shape index (κ1) is 15.7. The van der Waals surface area contributed by atoms with Crippen LogP contribution in [-0.2, 0) is 14.6 Å². The maximum Gasteiger partial charge on any atom is 0.239 e. The van der Waals surface area contributed by atoms with Gasteiger partial charge in [0.2, 0.25) is 5.91 Å². The standard InChI is InChI=1S/C14H11BrFNO3S/c15-10-3-1-5-12(7-10)17-14(18)9-21(19,20)13-6-2-4-11(16)8-13/h1-8H,9H2,(H,17,18). The van der Waals surface area contributed by atoms with Crippen molar-refractivity contribution in [1.82, 2.24) is 0 Å². The fourth-order valence-electron chi connectivity index (χ4n) is 1.68. The highest BCUT2D eigenvalue weighted by molar-refractivity contribution is 9.10. The molecule has 0 aliphatic rings. The number of carbonyl (C=O) groups is 1. The molecule has 110 valence electrons. The second kappa shape index (κ2) is 6.36. The minimum Gasteiger partial charge on any atom is -0.325 e. The van der Waals surface area contributed by atoms with E-state index in [4.69, 9.17) is 0 Å². The van der Waals surface area contributed by atoms with Gasteiger partial charge in [0.1, 0.15) is 11.6 Å². The summed E-state index contributed by atoms with van der Waals surface area (Å²) in [5.74, 6) is -2.09. The topological polar surface area (TPSA) is 63.2 Å². The predicted octanol–water partition coefficient (Wildman–Crippen LogP) is 3.00. The van der Waals surface area contributed by atoms with Gasteiger partial charge in [-0.3, -0.25) is 4.79 Å². The maximum absolute atomic E-state index is 13.1. The Balaban J connectivity index is 2.12. The summed E-state index contributed by atoms with van der Waals surface area (Å²) in [5, 5.41) is 2.48. The summed E-state index contributed by atoms with van der Waals surface area (Å²) in [4.78, 5) is 11.6. The van der Waals surface area contributed by atoms with E-state index in [1.807, 2.05) is 0 Å². The number of anilines is 1. The van der Waals surface area contributed by atoms with Crippen LogP contribution in [0.15, 0.2) is 57.9 Å². The molecule has 0 radical (unpaired) electrons. The van der Waals surface area contributed by atoms with E-state index in [0.29, 0.717) is 5.69 Å². The van der Waals surface area contributed by atoms with E-state index < -0.39 is 27.3 Å². The molecule has 21 heavy (non-hydrogen) atoms. The molecule has 0 saturated carbocycles. The number of rotatable bonds is 4. The summed E-state index contributed by atoms with van der Waals surface area (Å²) >= 11 is 3.25. The van der Waals surface area contributed by atoms with Crippen molar-refractivity contribution < 1.29 is 17.6 Å². The van der Waals surface area contributed by atoms with Gasteiger partial charge in [-0.25, -0.2) is 12.8 Å². The molecule has 0 saturated heterocycles. The molecule has 0 bridgehead atoms. The van der Waals surface area contributed by atoms with Crippen molar-refractivity contribution in [3.63, 3.8) is 0 Å². The Morgan fingerprint density at radius 2 is 1.86 bits per heavy atom. The first-order valence-corrected chi connectivity index (χ1v) is 8.35. The molecule has 4 nitrogen and oxygen atoms in total. The van der Waals surface area contributed by atoms with Crippen LogP contribution in [0.25, 0.3) is 0 Å². The molecule has 0 aliphatic carbocycles. The fraction of sp³-hybridized carbons (Fsp3) is 0.0714. The Bertz CT molecular complexity index is 777. The van der Waals surface area contributed by atoms with Gasteiger partial charge >= 0.3 is 0 Å². The van der Waals surface area contributed by atoms with E-state index in [0.717, 1.165) is 16.6 Å². The van der Waals surface area contributed by atoms with Gasteiger partial charge in [-0.1, -0.05) is 28.1 Å². The van der Waals surface area contributed by atoms with E-state index in [1.54, 1.807) is 24.3 Å². The molecule has 0 aliphatic heterocycles. The first-order chi connectivity index (χ1) is 9.87. The molecule has 0 aromatic heterocycles. The third-order valence-corrected chi connectivity index (χ3v) is 4.69. The van der Waals surface area contributed by atoms with Gasteiger partial charge < -0.3 is 5.32 Å². The van der Waals surface area contributed by atoms with Crippen molar-refractivity contribution >= 4 is 37.4 Å². The Morgan fingerprint density at radius 3 is 2.52 bits per heavy atom. The smallest absolute Gasteiger partial charge is 0.239 e. The molecule has 2 aromatic carbocycles. The third-order valence-electron chi connectivity index (χ3n) is 2.58. The van der Waals surface area contributed by atoms with Gasteiger partial charge in [-0.2, -0.15) is 0 Å². The van der Waals surface area contributed by atoms with Gasteiger partial charge in [0.25, 0.3) is 0 Å². The SMILES string of the molecule is O=C(CS(=O)(=O)c1cccc(F)c1)Nc1cccc(Br)c1. The van der Waals surface area contributed by atoms with Crippen LogP contribution >= 0.6 is 15.9 Å². The molecule has 2 aromatic rings. The van der Waals surface area contributed by atoms with Gasteiger partial charge in [0, 0.05) is 10.2 Å². The average Bonchev–Trinajstić information content (AvgIpc) is 2.37. The van der Waals surface area contributed by atoms with Crippen molar-refractivity contribution in [3.05, 3.63) is 58.8 Å². The minimum atomic E-state index is -3.88. The highest BCUT2D eigenvalue weighted by Gasteiger charge is 2.19. The Labute approximate surface area is 130 Å². The van der Waals surface area contributed by atoms with Crippen LogP contribution in [0.2, 0.25) is 0 Å². The summed E-state index contributed by atoms with van der Waals surface area (Å²) in [7, 11) is -3.88. The van der Waals surface area contributed by atoms with Crippen LogP contribution in [0.5, 0.6) is 0 Å². The molecular weight excluding hydrogens is 361 g/mol. The van der Waals surface area contributed by atoms with E-state index in [9.17, 15) is 17.6 Å². The van der Waals surface area contributed by atoms with Crippen LogP contribution in [0, 0.1) is 5.82 Å². The zero-order valence-electron chi connectivity index (χ0n) is 10.7. The fourth-order valence-corrected chi connectivity index (χ4v) is 3.24. The lowest BCUT2D eigenvalue weighted by atomic mass is 10.3. The summed E-state index contributed by atoms with van der Waals surface area (Å²) in [6.45, 7) is 0. The van der Waals surface area contributed by atoms with Crippen LogP contribution in [0.1, 0.15) is 0 Å². The highest BCUT2D eigenvalue weighted by atomic mass is 79.9. The number of amides is 1. The molecule has 1 amide bonds. The van der Waals surface area contributed by atoms with Crippen LogP contribution in [0.3, 0.4) is 0 Å². The number of halogens is 2. The van der Waals surface area contributed by atoms with Crippen molar-refractivity contribution in [2.24, 2.45) is 0 Å². The minimum absolute atomic E-state index is 0.216. The zero-order valence-corrected chi connectivity index (χ0v) is 13.1. The average molecular weight is 372 g/mol. The summed E-state index contributed by atoms with van der Waals surface area (Å²) in [5.41, 5.74) is 0.476. The first-order valence-electron chi connectivity index (χ1n) is 5.90. The second-order valence-electron chi connectivity index (χ2n) is 4.27. The number of hydrogen-bond donors (Lipinski definition) is 1. The van der Waals surface area contributed by atoms with Crippen molar-refractivity contribution in [2.75, 3.05) is 11.1 Å². The monoisotopic (exact) mass is 371 g/mol. The number of carbonyl (C=O) groups excluding carboxylic acids is 1. The molecule has 0 spiro atoms. The Hall–Kier alpha value is -1.73. The van der Waals surface area contributed by atoms with Crippen molar-refractivity contribution in [1.29, 1.82) is 0 Å². The molecule has 0 heterocycles. The number of benzene rings is 2. The van der Waals surface area contributed by atoms with Gasteiger partial charge in [0.05, 0.1) is 4.90 Å². The van der Waals surface area contributed by atoms with E-state index >= 15 is 0 Å². The van der Waals surface area contributed by atoms with Gasteiger partial charge in [-0.15, -0.1) is 0 Å². The van der Waals surface area contributed by atoms with Gasteiger partial charge in [0.15, 0.2) is 9.84 Å². The number of sulfone groups is 1.